The van der Waals surface area contributed by atoms with Gasteiger partial charge in [0.1, 0.15) is 0 Å². The van der Waals surface area contributed by atoms with Gasteiger partial charge in [0.2, 0.25) is 5.91 Å². The van der Waals surface area contributed by atoms with Crippen LogP contribution in [0.5, 0.6) is 0 Å². The van der Waals surface area contributed by atoms with Crippen molar-refractivity contribution >= 4 is 35.2 Å². The SMILES string of the molecule is CCc1cccc(NC(=O)COC(=O)c2ccccc2SCC(=O)N2CCCC2)c1. The highest BCUT2D eigenvalue weighted by molar-refractivity contribution is 8.00. The largest absolute Gasteiger partial charge is 0.452 e. The molecule has 1 aliphatic rings. The Bertz CT molecular complexity index is 910. The zero-order valence-corrected chi connectivity index (χ0v) is 17.9. The molecule has 0 spiro atoms. The Kier molecular flexibility index (Phi) is 7.90. The molecule has 2 aromatic rings. The maximum Gasteiger partial charge on any atom is 0.339 e. The monoisotopic (exact) mass is 426 g/mol. The number of aryl methyl sites for hydroxylation is 1. The van der Waals surface area contributed by atoms with Crippen molar-refractivity contribution in [2.75, 3.05) is 30.8 Å². The minimum atomic E-state index is -0.579. The molecule has 0 bridgehead atoms. The van der Waals surface area contributed by atoms with E-state index >= 15 is 0 Å². The second-order valence-electron chi connectivity index (χ2n) is 7.05. The molecule has 1 aliphatic heterocycles. The van der Waals surface area contributed by atoms with Crippen molar-refractivity contribution in [3.05, 3.63) is 59.7 Å². The van der Waals surface area contributed by atoms with Gasteiger partial charge in [-0.3, -0.25) is 9.59 Å². The van der Waals surface area contributed by atoms with E-state index in [9.17, 15) is 14.4 Å². The number of thioether (sulfide) groups is 1. The van der Waals surface area contributed by atoms with Crippen molar-refractivity contribution in [1.82, 2.24) is 4.90 Å². The summed E-state index contributed by atoms with van der Waals surface area (Å²) in [5.74, 6) is -0.622. The average molecular weight is 427 g/mol. The Balaban J connectivity index is 1.53. The van der Waals surface area contributed by atoms with Crippen molar-refractivity contribution in [2.45, 2.75) is 31.1 Å². The van der Waals surface area contributed by atoms with Crippen LogP contribution in [0.25, 0.3) is 0 Å². The smallest absolute Gasteiger partial charge is 0.339 e. The summed E-state index contributed by atoms with van der Waals surface area (Å²) in [4.78, 5) is 39.5. The Labute approximate surface area is 181 Å². The number of esters is 1. The number of ether oxygens (including phenoxy) is 1. The average Bonchev–Trinajstić information content (AvgIpc) is 3.31. The van der Waals surface area contributed by atoms with E-state index in [4.69, 9.17) is 4.74 Å². The zero-order chi connectivity index (χ0) is 21.3. The Morgan fingerprint density at radius 1 is 1.07 bits per heavy atom. The van der Waals surface area contributed by atoms with Gasteiger partial charge in [0.15, 0.2) is 6.61 Å². The maximum absolute atomic E-state index is 12.5. The molecule has 0 aliphatic carbocycles. The summed E-state index contributed by atoms with van der Waals surface area (Å²) < 4.78 is 5.21. The molecule has 6 nitrogen and oxygen atoms in total. The van der Waals surface area contributed by atoms with Gasteiger partial charge in [-0.1, -0.05) is 31.2 Å². The van der Waals surface area contributed by atoms with Crippen LogP contribution in [0.4, 0.5) is 5.69 Å². The van der Waals surface area contributed by atoms with Gasteiger partial charge >= 0.3 is 5.97 Å². The maximum atomic E-state index is 12.5. The number of nitrogens with zero attached hydrogens (tertiary/aromatic N) is 1. The molecule has 158 valence electrons. The van der Waals surface area contributed by atoms with Crippen molar-refractivity contribution in [3.8, 4) is 0 Å². The summed E-state index contributed by atoms with van der Waals surface area (Å²) in [6, 6.07) is 14.5. The number of hydrogen-bond acceptors (Lipinski definition) is 5. The minimum absolute atomic E-state index is 0.0781. The summed E-state index contributed by atoms with van der Waals surface area (Å²) in [7, 11) is 0. The molecule has 0 atom stereocenters. The number of rotatable bonds is 8. The van der Waals surface area contributed by atoms with Gasteiger partial charge in [-0.25, -0.2) is 4.79 Å². The number of carbonyl (C=O) groups is 3. The Morgan fingerprint density at radius 2 is 1.83 bits per heavy atom. The van der Waals surface area contributed by atoms with Crippen LogP contribution in [-0.2, 0) is 20.7 Å². The topological polar surface area (TPSA) is 75.7 Å². The first-order valence-electron chi connectivity index (χ1n) is 10.1. The van der Waals surface area contributed by atoms with Crippen molar-refractivity contribution in [3.63, 3.8) is 0 Å². The van der Waals surface area contributed by atoms with Crippen LogP contribution in [0.15, 0.2) is 53.4 Å². The zero-order valence-electron chi connectivity index (χ0n) is 17.1. The molecular weight excluding hydrogens is 400 g/mol. The van der Waals surface area contributed by atoms with E-state index in [1.807, 2.05) is 36.1 Å². The number of likely N-dealkylation sites (tertiary alicyclic amines) is 1. The fourth-order valence-corrected chi connectivity index (χ4v) is 4.18. The van der Waals surface area contributed by atoms with E-state index in [-0.39, 0.29) is 18.3 Å². The number of carbonyl (C=O) groups excluding carboxylic acids is 3. The third-order valence-electron chi connectivity index (χ3n) is 4.87. The standard InChI is InChI=1S/C23H26N2O4S/c1-2-17-8-7-9-18(14-17)24-21(26)15-29-23(28)19-10-3-4-11-20(19)30-16-22(27)25-12-5-6-13-25/h3-4,7-11,14H,2,5-6,12-13,15-16H2,1H3,(H,24,26). The summed E-state index contributed by atoms with van der Waals surface area (Å²) in [6.45, 7) is 3.27. The van der Waals surface area contributed by atoms with Gasteiger partial charge in [0.05, 0.1) is 11.3 Å². The molecule has 1 fully saturated rings. The van der Waals surface area contributed by atoms with Crippen LogP contribution in [-0.4, -0.2) is 48.1 Å². The fraction of sp³-hybridized carbons (Fsp3) is 0.348. The summed E-state index contributed by atoms with van der Waals surface area (Å²) in [5, 5.41) is 2.74. The minimum Gasteiger partial charge on any atom is -0.452 e. The lowest BCUT2D eigenvalue weighted by molar-refractivity contribution is -0.127. The highest BCUT2D eigenvalue weighted by Gasteiger charge is 2.20. The van der Waals surface area contributed by atoms with Gasteiger partial charge in [-0.15, -0.1) is 11.8 Å². The molecule has 0 radical (unpaired) electrons. The first-order valence-corrected chi connectivity index (χ1v) is 11.1. The number of amides is 2. The second-order valence-corrected chi connectivity index (χ2v) is 8.07. The van der Waals surface area contributed by atoms with Crippen LogP contribution < -0.4 is 5.32 Å². The van der Waals surface area contributed by atoms with Crippen LogP contribution in [0, 0.1) is 0 Å². The predicted molar refractivity (Wildman–Crippen MR) is 118 cm³/mol. The van der Waals surface area contributed by atoms with E-state index in [1.54, 1.807) is 24.3 Å². The fourth-order valence-electron chi connectivity index (χ4n) is 3.23. The number of nitrogens with one attached hydrogen (secondary N) is 1. The Morgan fingerprint density at radius 3 is 2.60 bits per heavy atom. The lowest BCUT2D eigenvalue weighted by Crippen LogP contribution is -2.29. The highest BCUT2D eigenvalue weighted by atomic mass is 32.2. The first kappa shape index (κ1) is 21.9. The van der Waals surface area contributed by atoms with E-state index in [0.717, 1.165) is 37.9 Å². The van der Waals surface area contributed by atoms with Gasteiger partial charge in [0.25, 0.3) is 5.91 Å². The molecule has 2 amide bonds. The van der Waals surface area contributed by atoms with E-state index in [0.29, 0.717) is 16.1 Å². The summed E-state index contributed by atoms with van der Waals surface area (Å²) >= 11 is 1.32. The molecule has 0 saturated carbocycles. The van der Waals surface area contributed by atoms with Crippen LogP contribution >= 0.6 is 11.8 Å². The summed E-state index contributed by atoms with van der Waals surface area (Å²) in [6.07, 6.45) is 2.96. The molecular formula is C23H26N2O4S. The van der Waals surface area contributed by atoms with Gasteiger partial charge in [-0.2, -0.15) is 0 Å². The van der Waals surface area contributed by atoms with Crippen LogP contribution in [0.2, 0.25) is 0 Å². The number of anilines is 1. The quantitative estimate of drug-likeness (QED) is 0.514. The first-order chi connectivity index (χ1) is 14.6. The Hall–Kier alpha value is -2.80. The number of benzene rings is 2. The molecule has 2 aromatic carbocycles. The third-order valence-corrected chi connectivity index (χ3v) is 5.93. The van der Waals surface area contributed by atoms with Gasteiger partial charge in [-0.05, 0) is 49.1 Å². The molecule has 3 rings (SSSR count). The molecule has 7 heteroatoms. The van der Waals surface area contributed by atoms with Crippen molar-refractivity contribution in [2.24, 2.45) is 0 Å². The van der Waals surface area contributed by atoms with E-state index < -0.39 is 11.9 Å². The van der Waals surface area contributed by atoms with Crippen LogP contribution in [0.1, 0.15) is 35.7 Å². The lowest BCUT2D eigenvalue weighted by Gasteiger charge is -2.15. The van der Waals surface area contributed by atoms with Crippen molar-refractivity contribution < 1.29 is 19.1 Å². The number of hydrogen-bond donors (Lipinski definition) is 1. The molecule has 30 heavy (non-hydrogen) atoms. The highest BCUT2D eigenvalue weighted by Crippen LogP contribution is 2.24. The van der Waals surface area contributed by atoms with Crippen molar-refractivity contribution in [1.29, 1.82) is 0 Å². The molecule has 1 N–H and O–H groups in total. The van der Waals surface area contributed by atoms with Gasteiger partial charge < -0.3 is 15.0 Å². The van der Waals surface area contributed by atoms with E-state index in [2.05, 4.69) is 5.32 Å². The molecule has 0 unspecified atom stereocenters. The molecule has 1 saturated heterocycles. The third kappa shape index (κ3) is 6.10. The second kappa shape index (κ2) is 10.8. The predicted octanol–water partition coefficient (Wildman–Crippen LogP) is 3.76. The van der Waals surface area contributed by atoms with Crippen LogP contribution in [0.3, 0.4) is 0 Å². The molecule has 0 aromatic heterocycles. The lowest BCUT2D eigenvalue weighted by atomic mass is 10.1. The van der Waals surface area contributed by atoms with Gasteiger partial charge in [0, 0.05) is 23.7 Å². The molecule has 1 heterocycles. The van der Waals surface area contributed by atoms with E-state index in [1.165, 1.54) is 11.8 Å². The summed E-state index contributed by atoms with van der Waals surface area (Å²) in [5.41, 5.74) is 2.14. The normalized spacial score (nSPS) is 13.2.